The van der Waals surface area contributed by atoms with Crippen LogP contribution in [0.1, 0.15) is 5.56 Å². The number of ether oxygens (including phenoxy) is 3. The van der Waals surface area contributed by atoms with E-state index in [2.05, 4.69) is 21.2 Å². The van der Waals surface area contributed by atoms with Gasteiger partial charge in [0, 0.05) is 13.1 Å². The van der Waals surface area contributed by atoms with Gasteiger partial charge < -0.3 is 24.6 Å². The Hall–Kier alpha value is -0.660. The summed E-state index contributed by atoms with van der Waals surface area (Å²) >= 11 is 3.45. The molecule has 6 heteroatoms. The number of hydrogen-bond acceptors (Lipinski definition) is 5. The third-order valence-electron chi connectivity index (χ3n) is 3.16. The Morgan fingerprint density at radius 2 is 2.33 bits per heavy atom. The second kappa shape index (κ2) is 8.70. The number of halogens is 1. The van der Waals surface area contributed by atoms with Crippen LogP contribution < -0.4 is 10.1 Å². The van der Waals surface area contributed by atoms with Gasteiger partial charge in [-0.05, 0) is 40.5 Å². The van der Waals surface area contributed by atoms with Crippen molar-refractivity contribution in [1.82, 2.24) is 5.32 Å². The fraction of sp³-hybridized carbons (Fsp3) is 0.600. The summed E-state index contributed by atoms with van der Waals surface area (Å²) in [5.74, 6) is 0.740. The SMILES string of the molecule is Cc1ccc(OCC(O)CNCC2COCCO2)c(Br)c1. The number of hydrogen-bond donors (Lipinski definition) is 2. The largest absolute Gasteiger partial charge is 0.490 e. The lowest BCUT2D eigenvalue weighted by Crippen LogP contribution is -2.41. The first-order valence-electron chi connectivity index (χ1n) is 7.12. The smallest absolute Gasteiger partial charge is 0.133 e. The van der Waals surface area contributed by atoms with E-state index in [9.17, 15) is 5.11 Å². The van der Waals surface area contributed by atoms with E-state index in [1.54, 1.807) is 0 Å². The summed E-state index contributed by atoms with van der Waals surface area (Å²) in [5.41, 5.74) is 1.16. The monoisotopic (exact) mass is 359 g/mol. The lowest BCUT2D eigenvalue weighted by atomic mass is 10.2. The molecule has 0 radical (unpaired) electrons. The molecule has 1 saturated heterocycles. The third-order valence-corrected chi connectivity index (χ3v) is 3.78. The Morgan fingerprint density at radius 3 is 3.05 bits per heavy atom. The van der Waals surface area contributed by atoms with Crippen molar-refractivity contribution in [1.29, 1.82) is 0 Å². The first-order chi connectivity index (χ1) is 10.1. The van der Waals surface area contributed by atoms with Crippen molar-refractivity contribution in [3.63, 3.8) is 0 Å². The van der Waals surface area contributed by atoms with Gasteiger partial charge in [0.05, 0.1) is 30.4 Å². The van der Waals surface area contributed by atoms with Crippen molar-refractivity contribution in [2.24, 2.45) is 0 Å². The molecule has 1 aliphatic rings. The Bertz CT molecular complexity index is 438. The van der Waals surface area contributed by atoms with Crippen LogP contribution in [0, 0.1) is 6.92 Å². The van der Waals surface area contributed by atoms with Gasteiger partial charge in [-0.1, -0.05) is 6.07 Å². The highest BCUT2D eigenvalue weighted by atomic mass is 79.9. The molecule has 2 rings (SSSR count). The minimum Gasteiger partial charge on any atom is -0.490 e. The van der Waals surface area contributed by atoms with Crippen LogP contribution in [-0.2, 0) is 9.47 Å². The quantitative estimate of drug-likeness (QED) is 0.772. The van der Waals surface area contributed by atoms with Crippen molar-refractivity contribution in [3.05, 3.63) is 28.2 Å². The lowest BCUT2D eigenvalue weighted by molar-refractivity contribution is -0.0869. The topological polar surface area (TPSA) is 60.0 Å². The zero-order chi connectivity index (χ0) is 15.1. The maximum absolute atomic E-state index is 9.91. The molecular weight excluding hydrogens is 338 g/mol. The number of rotatable bonds is 7. The minimum atomic E-state index is -0.567. The van der Waals surface area contributed by atoms with Crippen LogP contribution in [0.4, 0.5) is 0 Å². The van der Waals surface area contributed by atoms with Crippen LogP contribution >= 0.6 is 15.9 Å². The first-order valence-corrected chi connectivity index (χ1v) is 7.91. The number of nitrogens with one attached hydrogen (secondary N) is 1. The molecule has 0 bridgehead atoms. The van der Waals surface area contributed by atoms with Gasteiger partial charge in [-0.15, -0.1) is 0 Å². The van der Waals surface area contributed by atoms with Crippen molar-refractivity contribution in [2.45, 2.75) is 19.1 Å². The molecule has 118 valence electrons. The van der Waals surface area contributed by atoms with Gasteiger partial charge in [-0.3, -0.25) is 0 Å². The maximum atomic E-state index is 9.91. The van der Waals surface area contributed by atoms with Crippen LogP contribution in [0.2, 0.25) is 0 Å². The van der Waals surface area contributed by atoms with E-state index in [-0.39, 0.29) is 12.7 Å². The highest BCUT2D eigenvalue weighted by Gasteiger charge is 2.14. The average molecular weight is 360 g/mol. The van der Waals surface area contributed by atoms with E-state index >= 15 is 0 Å². The Labute approximate surface area is 133 Å². The molecule has 21 heavy (non-hydrogen) atoms. The van der Waals surface area contributed by atoms with Crippen molar-refractivity contribution in [3.8, 4) is 5.75 Å². The molecular formula is C15H22BrNO4. The van der Waals surface area contributed by atoms with Gasteiger partial charge in [0.15, 0.2) is 0 Å². The van der Waals surface area contributed by atoms with E-state index in [0.29, 0.717) is 32.9 Å². The molecule has 1 fully saturated rings. The highest BCUT2D eigenvalue weighted by Crippen LogP contribution is 2.25. The number of aliphatic hydroxyl groups excluding tert-OH is 1. The summed E-state index contributed by atoms with van der Waals surface area (Å²) in [6.07, 6.45) is -0.499. The van der Waals surface area contributed by atoms with E-state index in [0.717, 1.165) is 15.8 Å². The van der Waals surface area contributed by atoms with Gasteiger partial charge in [-0.2, -0.15) is 0 Å². The molecule has 2 unspecified atom stereocenters. The summed E-state index contributed by atoms with van der Waals surface area (Å²) < 4.78 is 17.3. The summed E-state index contributed by atoms with van der Waals surface area (Å²) in [5, 5.41) is 13.1. The van der Waals surface area contributed by atoms with Crippen LogP contribution in [0.3, 0.4) is 0 Å². The third kappa shape index (κ3) is 5.92. The molecule has 1 aliphatic heterocycles. The molecule has 0 aromatic heterocycles. The number of aryl methyl sites for hydroxylation is 1. The minimum absolute atomic E-state index is 0.0677. The summed E-state index contributed by atoms with van der Waals surface area (Å²) in [6, 6.07) is 5.86. The Morgan fingerprint density at radius 1 is 1.48 bits per heavy atom. The second-order valence-electron chi connectivity index (χ2n) is 5.12. The van der Waals surface area contributed by atoms with E-state index < -0.39 is 6.10 Å². The maximum Gasteiger partial charge on any atom is 0.133 e. The molecule has 1 aromatic carbocycles. The predicted octanol–water partition coefficient (Wildman–Crippen LogP) is 1.50. The summed E-state index contributed by atoms with van der Waals surface area (Å²) in [7, 11) is 0. The highest BCUT2D eigenvalue weighted by molar-refractivity contribution is 9.10. The molecule has 2 N–H and O–H groups in total. The van der Waals surface area contributed by atoms with Crippen molar-refractivity contribution >= 4 is 15.9 Å². The zero-order valence-corrected chi connectivity index (χ0v) is 13.8. The van der Waals surface area contributed by atoms with Crippen LogP contribution in [0.5, 0.6) is 5.75 Å². The Kier molecular flexibility index (Phi) is 6.92. The van der Waals surface area contributed by atoms with Gasteiger partial charge in [0.2, 0.25) is 0 Å². The van der Waals surface area contributed by atoms with Crippen LogP contribution in [0.15, 0.2) is 22.7 Å². The van der Waals surface area contributed by atoms with Gasteiger partial charge in [0.1, 0.15) is 18.5 Å². The molecule has 0 spiro atoms. The fourth-order valence-corrected chi connectivity index (χ4v) is 2.64. The number of aliphatic hydroxyl groups is 1. The molecule has 1 aromatic rings. The van der Waals surface area contributed by atoms with E-state index in [1.807, 2.05) is 25.1 Å². The van der Waals surface area contributed by atoms with Crippen molar-refractivity contribution in [2.75, 3.05) is 39.5 Å². The van der Waals surface area contributed by atoms with Crippen molar-refractivity contribution < 1.29 is 19.3 Å². The Balaban J connectivity index is 1.63. The molecule has 0 aliphatic carbocycles. The van der Waals surface area contributed by atoms with Gasteiger partial charge in [-0.25, -0.2) is 0 Å². The predicted molar refractivity (Wildman–Crippen MR) is 83.8 cm³/mol. The molecule has 5 nitrogen and oxygen atoms in total. The zero-order valence-electron chi connectivity index (χ0n) is 12.2. The molecule has 1 heterocycles. The normalized spacial score (nSPS) is 20.2. The first kappa shape index (κ1) is 16.7. The van der Waals surface area contributed by atoms with Crippen LogP contribution in [-0.4, -0.2) is 56.8 Å². The standard InChI is InChI=1S/C15H22BrNO4/c1-11-2-3-15(14(16)6-11)21-9-12(18)7-17-8-13-10-19-4-5-20-13/h2-3,6,12-13,17-18H,4-5,7-10H2,1H3. The number of benzene rings is 1. The summed E-state index contributed by atoms with van der Waals surface area (Å²) in [6.45, 7) is 5.31. The van der Waals surface area contributed by atoms with Gasteiger partial charge in [0.25, 0.3) is 0 Å². The summed E-state index contributed by atoms with van der Waals surface area (Å²) in [4.78, 5) is 0. The van der Waals surface area contributed by atoms with E-state index in [4.69, 9.17) is 14.2 Å². The molecule has 0 saturated carbocycles. The molecule has 2 atom stereocenters. The second-order valence-corrected chi connectivity index (χ2v) is 5.98. The lowest BCUT2D eigenvalue weighted by Gasteiger charge is -2.23. The molecule has 0 amide bonds. The van der Waals surface area contributed by atoms with Gasteiger partial charge >= 0.3 is 0 Å². The van der Waals surface area contributed by atoms with Crippen LogP contribution in [0.25, 0.3) is 0 Å². The van der Waals surface area contributed by atoms with E-state index in [1.165, 1.54) is 0 Å². The average Bonchev–Trinajstić information content (AvgIpc) is 2.47. The fourth-order valence-electron chi connectivity index (χ4n) is 2.03.